The molecule has 4 nitrogen and oxygen atoms in total. The highest BCUT2D eigenvalue weighted by Crippen LogP contribution is 2.20. The second-order valence-corrected chi connectivity index (χ2v) is 4.73. The van der Waals surface area contributed by atoms with Gasteiger partial charge in [0.15, 0.2) is 6.10 Å². The summed E-state index contributed by atoms with van der Waals surface area (Å²) in [6.45, 7) is 1.82. The van der Waals surface area contributed by atoms with Crippen LogP contribution in [-0.4, -0.2) is 19.1 Å². The Morgan fingerprint density at radius 3 is 2.41 bits per heavy atom. The summed E-state index contributed by atoms with van der Waals surface area (Å²) in [5.41, 5.74) is 0.496. The van der Waals surface area contributed by atoms with Crippen LogP contribution in [0.5, 0.6) is 11.5 Å². The minimum atomic E-state index is -0.574. The summed E-state index contributed by atoms with van der Waals surface area (Å²) in [6.07, 6.45) is -0.574. The Morgan fingerprint density at radius 1 is 1.14 bits per heavy atom. The molecule has 2 aromatic carbocycles. The van der Waals surface area contributed by atoms with E-state index in [1.807, 2.05) is 0 Å². The topological polar surface area (TPSA) is 47.6 Å². The van der Waals surface area contributed by atoms with Gasteiger partial charge in [-0.2, -0.15) is 0 Å². The number of hydrogen-bond acceptors (Lipinski definition) is 3. The molecule has 0 aliphatic heterocycles. The summed E-state index contributed by atoms with van der Waals surface area (Å²) in [7, 11) is 1.56. The molecular weight excluding hydrogens is 285 g/mol. The van der Waals surface area contributed by atoms with Crippen molar-refractivity contribution in [3.05, 3.63) is 59.9 Å². The highest BCUT2D eigenvalue weighted by molar-refractivity contribution is 5.80. The highest BCUT2D eigenvalue weighted by Gasteiger charge is 2.12. The summed E-state index contributed by atoms with van der Waals surface area (Å²) in [5, 5.41) is 2.52. The zero-order chi connectivity index (χ0) is 15.9. The summed E-state index contributed by atoms with van der Waals surface area (Å²) < 4.78 is 24.5. The standard InChI is InChI=1S/C17H18FNO3/c1-12(17(20)19-2)22-15-9-7-14(8-10-15)21-11-13-5-3-4-6-16(13)18/h3-10,12H,11H2,1-2H3,(H,19,20). The Labute approximate surface area is 128 Å². The molecule has 0 aromatic heterocycles. The highest BCUT2D eigenvalue weighted by atomic mass is 19.1. The first-order valence-electron chi connectivity index (χ1n) is 6.94. The van der Waals surface area contributed by atoms with Gasteiger partial charge in [-0.15, -0.1) is 0 Å². The van der Waals surface area contributed by atoms with Crippen molar-refractivity contribution in [1.29, 1.82) is 0 Å². The van der Waals surface area contributed by atoms with Gasteiger partial charge >= 0.3 is 0 Å². The molecule has 0 bridgehead atoms. The quantitative estimate of drug-likeness (QED) is 0.892. The zero-order valence-corrected chi connectivity index (χ0v) is 12.5. The average molecular weight is 303 g/mol. The predicted molar refractivity (Wildman–Crippen MR) is 81.3 cm³/mol. The fourth-order valence-electron chi connectivity index (χ4n) is 1.85. The Bertz CT molecular complexity index is 628. The lowest BCUT2D eigenvalue weighted by atomic mass is 10.2. The van der Waals surface area contributed by atoms with Gasteiger partial charge in [0.25, 0.3) is 5.91 Å². The molecule has 0 fully saturated rings. The van der Waals surface area contributed by atoms with Gasteiger partial charge in [-0.05, 0) is 37.3 Å². The van der Waals surface area contributed by atoms with Crippen LogP contribution < -0.4 is 14.8 Å². The number of carbonyl (C=O) groups excluding carboxylic acids is 1. The summed E-state index contributed by atoms with van der Waals surface area (Å²) in [5.74, 6) is 0.680. The lowest BCUT2D eigenvalue weighted by molar-refractivity contribution is -0.126. The smallest absolute Gasteiger partial charge is 0.260 e. The molecule has 1 amide bonds. The van der Waals surface area contributed by atoms with Crippen molar-refractivity contribution >= 4 is 5.91 Å². The number of ether oxygens (including phenoxy) is 2. The van der Waals surface area contributed by atoms with Gasteiger partial charge in [0.2, 0.25) is 0 Å². The molecule has 22 heavy (non-hydrogen) atoms. The number of benzene rings is 2. The molecule has 0 aliphatic rings. The van der Waals surface area contributed by atoms with Crippen LogP contribution in [0, 0.1) is 5.82 Å². The van der Waals surface area contributed by atoms with E-state index in [1.54, 1.807) is 56.4 Å². The first-order chi connectivity index (χ1) is 10.6. The fourth-order valence-corrected chi connectivity index (χ4v) is 1.85. The molecule has 2 aromatic rings. The van der Waals surface area contributed by atoms with Crippen molar-refractivity contribution in [2.24, 2.45) is 0 Å². The molecule has 0 heterocycles. The van der Waals surface area contributed by atoms with Gasteiger partial charge < -0.3 is 14.8 Å². The second-order valence-electron chi connectivity index (χ2n) is 4.73. The maximum atomic E-state index is 13.5. The lowest BCUT2D eigenvalue weighted by Gasteiger charge is -2.13. The number of nitrogens with one attached hydrogen (secondary N) is 1. The molecule has 0 saturated heterocycles. The van der Waals surface area contributed by atoms with E-state index in [9.17, 15) is 9.18 Å². The van der Waals surface area contributed by atoms with Crippen molar-refractivity contribution in [1.82, 2.24) is 5.32 Å². The molecule has 0 spiro atoms. The third-order valence-corrected chi connectivity index (χ3v) is 3.10. The maximum Gasteiger partial charge on any atom is 0.260 e. The zero-order valence-electron chi connectivity index (χ0n) is 12.5. The van der Waals surface area contributed by atoms with E-state index >= 15 is 0 Å². The molecule has 1 atom stereocenters. The van der Waals surface area contributed by atoms with E-state index in [4.69, 9.17) is 9.47 Å². The van der Waals surface area contributed by atoms with Crippen molar-refractivity contribution in [3.8, 4) is 11.5 Å². The van der Waals surface area contributed by atoms with E-state index in [-0.39, 0.29) is 18.3 Å². The van der Waals surface area contributed by atoms with Crippen LogP contribution in [0.3, 0.4) is 0 Å². The molecule has 0 saturated carbocycles. The molecule has 1 unspecified atom stereocenters. The van der Waals surface area contributed by atoms with Gasteiger partial charge in [-0.3, -0.25) is 4.79 Å². The summed E-state index contributed by atoms with van der Waals surface area (Å²) in [6, 6.07) is 13.3. The molecule has 0 aliphatic carbocycles. The Kier molecular flexibility index (Phi) is 5.36. The van der Waals surface area contributed by atoms with Crippen molar-refractivity contribution in [2.75, 3.05) is 7.05 Å². The van der Waals surface area contributed by atoms with Crippen LogP contribution in [0.1, 0.15) is 12.5 Å². The SMILES string of the molecule is CNC(=O)C(C)Oc1ccc(OCc2ccccc2F)cc1. The van der Waals surface area contributed by atoms with Gasteiger partial charge in [-0.1, -0.05) is 18.2 Å². The van der Waals surface area contributed by atoms with Crippen molar-refractivity contribution in [3.63, 3.8) is 0 Å². The van der Waals surface area contributed by atoms with E-state index in [0.29, 0.717) is 17.1 Å². The van der Waals surface area contributed by atoms with Gasteiger partial charge in [0.1, 0.15) is 23.9 Å². The van der Waals surface area contributed by atoms with Gasteiger partial charge in [-0.25, -0.2) is 4.39 Å². The third kappa shape index (κ3) is 4.22. The molecule has 1 N–H and O–H groups in total. The van der Waals surface area contributed by atoms with E-state index in [2.05, 4.69) is 5.32 Å². The number of rotatable bonds is 6. The Balaban J connectivity index is 1.92. The van der Waals surface area contributed by atoms with Crippen molar-refractivity contribution in [2.45, 2.75) is 19.6 Å². The van der Waals surface area contributed by atoms with E-state index in [0.717, 1.165) is 0 Å². The maximum absolute atomic E-state index is 13.5. The second kappa shape index (κ2) is 7.45. The van der Waals surface area contributed by atoms with Gasteiger partial charge in [0, 0.05) is 12.6 Å². The monoisotopic (exact) mass is 303 g/mol. The largest absolute Gasteiger partial charge is 0.489 e. The minimum absolute atomic E-state index is 0.154. The average Bonchev–Trinajstić information content (AvgIpc) is 2.54. The molecule has 2 rings (SSSR count). The van der Waals surface area contributed by atoms with Crippen LogP contribution >= 0.6 is 0 Å². The predicted octanol–water partition coefficient (Wildman–Crippen LogP) is 2.92. The van der Waals surface area contributed by atoms with E-state index < -0.39 is 6.10 Å². The van der Waals surface area contributed by atoms with Crippen LogP contribution in [0.4, 0.5) is 4.39 Å². The number of likely N-dealkylation sites (N-methyl/N-ethyl adjacent to an activating group) is 1. The van der Waals surface area contributed by atoms with Crippen LogP contribution in [0.2, 0.25) is 0 Å². The van der Waals surface area contributed by atoms with Gasteiger partial charge in [0.05, 0.1) is 0 Å². The normalized spacial score (nSPS) is 11.6. The minimum Gasteiger partial charge on any atom is -0.489 e. The van der Waals surface area contributed by atoms with Crippen LogP contribution in [0.25, 0.3) is 0 Å². The first-order valence-corrected chi connectivity index (χ1v) is 6.94. The summed E-state index contributed by atoms with van der Waals surface area (Å²) in [4.78, 5) is 11.4. The van der Waals surface area contributed by atoms with Crippen molar-refractivity contribution < 1.29 is 18.7 Å². The fraction of sp³-hybridized carbons (Fsp3) is 0.235. The number of halogens is 1. The number of carbonyl (C=O) groups is 1. The number of amides is 1. The molecule has 0 radical (unpaired) electrons. The Hall–Kier alpha value is -2.56. The van der Waals surface area contributed by atoms with Crippen LogP contribution in [-0.2, 0) is 11.4 Å². The first kappa shape index (κ1) is 15.8. The molecule has 116 valence electrons. The third-order valence-electron chi connectivity index (χ3n) is 3.10. The lowest BCUT2D eigenvalue weighted by Crippen LogP contribution is -2.33. The molecular formula is C17H18FNO3. The van der Waals surface area contributed by atoms with E-state index in [1.165, 1.54) is 6.07 Å². The molecule has 5 heteroatoms. The number of hydrogen-bond donors (Lipinski definition) is 1. The Morgan fingerprint density at radius 2 is 1.77 bits per heavy atom. The summed E-state index contributed by atoms with van der Waals surface area (Å²) >= 11 is 0. The van der Waals surface area contributed by atoms with Crippen LogP contribution in [0.15, 0.2) is 48.5 Å².